The van der Waals surface area contributed by atoms with E-state index in [4.69, 9.17) is 5.11 Å². The Balaban J connectivity index is 2.06. The van der Waals surface area contributed by atoms with Crippen LogP contribution in [0.25, 0.3) is 0 Å². The molecule has 2 nitrogen and oxygen atoms in total. The summed E-state index contributed by atoms with van der Waals surface area (Å²) >= 11 is 0. The van der Waals surface area contributed by atoms with Crippen molar-refractivity contribution in [2.45, 2.75) is 31.2 Å². The Morgan fingerprint density at radius 3 is 2.36 bits per heavy atom. The van der Waals surface area contributed by atoms with Crippen molar-refractivity contribution in [1.29, 1.82) is 0 Å². The Morgan fingerprint density at radius 2 is 1.93 bits per heavy atom. The molecule has 2 rings (SSSR count). The molecule has 0 heterocycles. The van der Waals surface area contributed by atoms with Crippen LogP contribution in [0.4, 0.5) is 0 Å². The maximum atomic E-state index is 9.17. The third-order valence-electron chi connectivity index (χ3n) is 3.32. The van der Waals surface area contributed by atoms with Gasteiger partial charge in [0, 0.05) is 5.54 Å². The first-order chi connectivity index (χ1) is 6.74. The van der Waals surface area contributed by atoms with Gasteiger partial charge in [0.15, 0.2) is 0 Å². The minimum atomic E-state index is 0.330. The standard InChI is InChI=1S/C12H17NO/c1-13-12(7-2-8-12)9-10-3-5-11(14)6-4-10/h3-6,13-14H,2,7-9H2,1H3. The van der Waals surface area contributed by atoms with Gasteiger partial charge < -0.3 is 10.4 Å². The molecule has 0 aromatic heterocycles. The second kappa shape index (κ2) is 3.62. The van der Waals surface area contributed by atoms with Crippen molar-refractivity contribution in [2.24, 2.45) is 0 Å². The van der Waals surface area contributed by atoms with Gasteiger partial charge in [0.25, 0.3) is 0 Å². The van der Waals surface area contributed by atoms with E-state index >= 15 is 0 Å². The van der Waals surface area contributed by atoms with Crippen molar-refractivity contribution in [3.05, 3.63) is 29.8 Å². The molecule has 0 unspecified atom stereocenters. The van der Waals surface area contributed by atoms with Crippen LogP contribution in [0, 0.1) is 0 Å². The summed E-state index contributed by atoms with van der Waals surface area (Å²) in [6.45, 7) is 0. The van der Waals surface area contributed by atoms with Crippen LogP contribution in [0.15, 0.2) is 24.3 Å². The number of phenols is 1. The van der Waals surface area contributed by atoms with E-state index in [-0.39, 0.29) is 0 Å². The summed E-state index contributed by atoms with van der Waals surface area (Å²) in [5.74, 6) is 0.348. The monoisotopic (exact) mass is 191 g/mol. The number of aromatic hydroxyl groups is 1. The van der Waals surface area contributed by atoms with Crippen LogP contribution in [-0.2, 0) is 6.42 Å². The fourth-order valence-electron chi connectivity index (χ4n) is 2.12. The Hall–Kier alpha value is -1.02. The molecule has 0 spiro atoms. The highest BCUT2D eigenvalue weighted by molar-refractivity contribution is 5.27. The van der Waals surface area contributed by atoms with Gasteiger partial charge in [-0.3, -0.25) is 0 Å². The molecule has 2 N–H and O–H groups in total. The van der Waals surface area contributed by atoms with Crippen molar-refractivity contribution in [2.75, 3.05) is 7.05 Å². The summed E-state index contributed by atoms with van der Waals surface area (Å²) in [5.41, 5.74) is 1.63. The molecule has 1 saturated carbocycles. The van der Waals surface area contributed by atoms with E-state index in [1.54, 1.807) is 12.1 Å². The zero-order chi connectivity index (χ0) is 10.0. The van der Waals surface area contributed by atoms with E-state index in [1.165, 1.54) is 24.8 Å². The van der Waals surface area contributed by atoms with E-state index in [2.05, 4.69) is 5.32 Å². The molecule has 1 aliphatic carbocycles. The second-order valence-electron chi connectivity index (χ2n) is 4.23. The molecule has 0 atom stereocenters. The first kappa shape index (κ1) is 9.53. The third-order valence-corrected chi connectivity index (χ3v) is 3.32. The van der Waals surface area contributed by atoms with E-state index < -0.39 is 0 Å². The molecule has 0 saturated heterocycles. The fraction of sp³-hybridized carbons (Fsp3) is 0.500. The number of rotatable bonds is 3. The quantitative estimate of drug-likeness (QED) is 0.766. The van der Waals surface area contributed by atoms with E-state index in [0.29, 0.717) is 11.3 Å². The first-order valence-electron chi connectivity index (χ1n) is 5.21. The summed E-state index contributed by atoms with van der Waals surface area (Å²) in [6.07, 6.45) is 4.94. The molecule has 1 aromatic rings. The molecule has 2 heteroatoms. The van der Waals surface area contributed by atoms with E-state index in [0.717, 1.165) is 6.42 Å². The number of hydrogen-bond acceptors (Lipinski definition) is 2. The predicted molar refractivity (Wildman–Crippen MR) is 57.5 cm³/mol. The lowest BCUT2D eigenvalue weighted by Crippen LogP contribution is -2.50. The second-order valence-corrected chi connectivity index (χ2v) is 4.23. The summed E-state index contributed by atoms with van der Waals surface area (Å²) in [7, 11) is 2.04. The van der Waals surface area contributed by atoms with E-state index in [1.807, 2.05) is 19.2 Å². The smallest absolute Gasteiger partial charge is 0.115 e. The zero-order valence-electron chi connectivity index (χ0n) is 8.59. The zero-order valence-corrected chi connectivity index (χ0v) is 8.59. The van der Waals surface area contributed by atoms with Crippen LogP contribution < -0.4 is 5.32 Å². The first-order valence-corrected chi connectivity index (χ1v) is 5.21. The van der Waals surface area contributed by atoms with Crippen molar-refractivity contribution in [3.63, 3.8) is 0 Å². The number of nitrogens with one attached hydrogen (secondary N) is 1. The Morgan fingerprint density at radius 1 is 1.29 bits per heavy atom. The average molecular weight is 191 g/mol. The Bertz CT molecular complexity index is 295. The summed E-state index contributed by atoms with van der Waals surface area (Å²) in [4.78, 5) is 0. The SMILES string of the molecule is CNC1(Cc2ccc(O)cc2)CCC1. The topological polar surface area (TPSA) is 32.3 Å². The predicted octanol–water partition coefficient (Wildman–Crippen LogP) is 2.08. The highest BCUT2D eigenvalue weighted by atomic mass is 16.3. The molecule has 1 fully saturated rings. The summed E-state index contributed by atoms with van der Waals surface area (Å²) < 4.78 is 0. The van der Waals surface area contributed by atoms with Crippen LogP contribution in [0.2, 0.25) is 0 Å². The molecule has 0 bridgehead atoms. The normalized spacial score (nSPS) is 18.9. The minimum absolute atomic E-state index is 0.330. The molecule has 0 radical (unpaired) electrons. The number of benzene rings is 1. The number of likely N-dealkylation sites (N-methyl/N-ethyl adjacent to an activating group) is 1. The Kier molecular flexibility index (Phi) is 2.46. The average Bonchev–Trinajstić information content (AvgIpc) is 2.15. The van der Waals surface area contributed by atoms with Crippen molar-refractivity contribution < 1.29 is 5.11 Å². The van der Waals surface area contributed by atoms with Gasteiger partial charge in [-0.25, -0.2) is 0 Å². The highest BCUT2D eigenvalue weighted by Gasteiger charge is 2.34. The molecule has 0 amide bonds. The molecule has 0 aliphatic heterocycles. The van der Waals surface area contributed by atoms with Crippen molar-refractivity contribution in [1.82, 2.24) is 5.32 Å². The van der Waals surface area contributed by atoms with Crippen LogP contribution >= 0.6 is 0 Å². The van der Waals surface area contributed by atoms with Gasteiger partial charge >= 0.3 is 0 Å². The molecule has 1 aliphatic rings. The fourth-order valence-corrected chi connectivity index (χ4v) is 2.12. The molecular formula is C12H17NO. The van der Waals surface area contributed by atoms with Gasteiger partial charge in [-0.1, -0.05) is 12.1 Å². The van der Waals surface area contributed by atoms with Crippen molar-refractivity contribution >= 4 is 0 Å². The molecule has 76 valence electrons. The van der Waals surface area contributed by atoms with Crippen LogP contribution in [0.3, 0.4) is 0 Å². The van der Waals surface area contributed by atoms with Gasteiger partial charge in [0.2, 0.25) is 0 Å². The van der Waals surface area contributed by atoms with Gasteiger partial charge in [-0.2, -0.15) is 0 Å². The van der Waals surface area contributed by atoms with Crippen LogP contribution in [-0.4, -0.2) is 17.7 Å². The largest absolute Gasteiger partial charge is 0.508 e. The molecular weight excluding hydrogens is 174 g/mol. The van der Waals surface area contributed by atoms with Gasteiger partial charge in [-0.15, -0.1) is 0 Å². The van der Waals surface area contributed by atoms with Crippen LogP contribution in [0.5, 0.6) is 5.75 Å². The van der Waals surface area contributed by atoms with Gasteiger partial charge in [0.05, 0.1) is 0 Å². The van der Waals surface area contributed by atoms with Crippen molar-refractivity contribution in [3.8, 4) is 5.75 Å². The number of phenolic OH excluding ortho intramolecular Hbond substituents is 1. The Labute approximate surface area is 85.0 Å². The van der Waals surface area contributed by atoms with Gasteiger partial charge in [-0.05, 0) is 50.4 Å². The summed E-state index contributed by atoms with van der Waals surface area (Å²) in [5, 5.41) is 12.6. The molecule has 14 heavy (non-hydrogen) atoms. The lowest BCUT2D eigenvalue weighted by Gasteiger charge is -2.42. The molecule has 1 aromatic carbocycles. The minimum Gasteiger partial charge on any atom is -0.508 e. The highest BCUT2D eigenvalue weighted by Crippen LogP contribution is 2.34. The van der Waals surface area contributed by atoms with Crippen LogP contribution in [0.1, 0.15) is 24.8 Å². The van der Waals surface area contributed by atoms with E-state index in [9.17, 15) is 0 Å². The third kappa shape index (κ3) is 1.75. The lowest BCUT2D eigenvalue weighted by molar-refractivity contribution is 0.198. The maximum Gasteiger partial charge on any atom is 0.115 e. The maximum absolute atomic E-state index is 9.17. The number of hydrogen-bond donors (Lipinski definition) is 2. The summed E-state index contributed by atoms with van der Waals surface area (Å²) in [6, 6.07) is 7.54. The lowest BCUT2D eigenvalue weighted by atomic mass is 9.73. The van der Waals surface area contributed by atoms with Gasteiger partial charge in [0.1, 0.15) is 5.75 Å².